The molecule has 84 valence electrons. The first-order chi connectivity index (χ1) is 7.60. The fourth-order valence-corrected chi connectivity index (χ4v) is 2.88. The maximum absolute atomic E-state index is 12.0. The van der Waals surface area contributed by atoms with Gasteiger partial charge in [0.05, 0.1) is 11.3 Å². The molecule has 16 heavy (non-hydrogen) atoms. The van der Waals surface area contributed by atoms with Crippen LogP contribution in [0.3, 0.4) is 0 Å². The predicted molar refractivity (Wildman–Crippen MR) is 63.9 cm³/mol. The molecule has 0 radical (unpaired) electrons. The summed E-state index contributed by atoms with van der Waals surface area (Å²) in [6, 6.07) is 5.45. The summed E-state index contributed by atoms with van der Waals surface area (Å²) >= 11 is 6.00. The van der Waals surface area contributed by atoms with Gasteiger partial charge in [-0.3, -0.25) is 4.79 Å². The molecule has 1 N–H and O–H groups in total. The monoisotopic (exact) mass is 236 g/mol. The van der Waals surface area contributed by atoms with E-state index in [1.54, 1.807) is 12.1 Å². The van der Waals surface area contributed by atoms with Crippen LogP contribution in [0.15, 0.2) is 18.2 Å². The van der Waals surface area contributed by atoms with E-state index in [-0.39, 0.29) is 11.6 Å². The second-order valence-electron chi connectivity index (χ2n) is 4.64. The average molecular weight is 237 g/mol. The summed E-state index contributed by atoms with van der Waals surface area (Å²) < 4.78 is 0. The molecule has 0 saturated carbocycles. The van der Waals surface area contributed by atoms with Crippen LogP contribution in [0.1, 0.15) is 30.1 Å². The molecule has 3 nitrogen and oxygen atoms in total. The summed E-state index contributed by atoms with van der Waals surface area (Å²) in [5.41, 5.74) is 1.47. The molecule has 1 unspecified atom stereocenters. The van der Waals surface area contributed by atoms with E-state index >= 15 is 0 Å². The van der Waals surface area contributed by atoms with Crippen LogP contribution in [0.2, 0.25) is 5.02 Å². The Balaban J connectivity index is 2.19. The van der Waals surface area contributed by atoms with Gasteiger partial charge < -0.3 is 10.2 Å². The number of nitrogens with zero attached hydrogens (tertiary/aromatic N) is 1. The number of carbonyl (C=O) groups excluding carboxylic acids is 1. The van der Waals surface area contributed by atoms with Crippen LogP contribution in [0.25, 0.3) is 0 Å². The molecule has 1 aromatic carbocycles. The number of carbonyl (C=O) groups is 1. The quantitative estimate of drug-likeness (QED) is 0.750. The Bertz CT molecular complexity index is 474. The van der Waals surface area contributed by atoms with E-state index in [0.29, 0.717) is 5.02 Å². The van der Waals surface area contributed by atoms with Crippen molar-refractivity contribution < 1.29 is 4.79 Å². The van der Waals surface area contributed by atoms with Crippen LogP contribution in [0.5, 0.6) is 0 Å². The van der Waals surface area contributed by atoms with E-state index in [1.807, 2.05) is 6.07 Å². The Labute approximate surface area is 99.4 Å². The smallest absolute Gasteiger partial charge is 0.255 e. The molecule has 0 spiro atoms. The molecule has 0 aliphatic carbocycles. The number of halogens is 1. The van der Waals surface area contributed by atoms with Crippen LogP contribution < -0.4 is 10.2 Å². The lowest BCUT2D eigenvalue weighted by Crippen LogP contribution is -2.59. The lowest BCUT2D eigenvalue weighted by molar-refractivity contribution is 0.0897. The lowest BCUT2D eigenvalue weighted by Gasteiger charge is -2.42. The first-order valence-electron chi connectivity index (χ1n) is 5.50. The zero-order chi connectivity index (χ0) is 11.3. The zero-order valence-corrected chi connectivity index (χ0v) is 9.84. The molecule has 4 heteroatoms. The van der Waals surface area contributed by atoms with Crippen molar-refractivity contribution in [2.24, 2.45) is 0 Å². The number of fused-ring (bicyclic) bond motifs is 3. The summed E-state index contributed by atoms with van der Waals surface area (Å²) in [5, 5.41) is 3.76. The fraction of sp³-hybridized carbons (Fsp3) is 0.417. The van der Waals surface area contributed by atoms with E-state index in [4.69, 9.17) is 11.6 Å². The van der Waals surface area contributed by atoms with Gasteiger partial charge in [0, 0.05) is 11.6 Å². The number of anilines is 1. The van der Waals surface area contributed by atoms with E-state index in [1.165, 1.54) is 0 Å². The molecule has 1 amide bonds. The summed E-state index contributed by atoms with van der Waals surface area (Å²) in [6.07, 6.45) is 2.09. The van der Waals surface area contributed by atoms with E-state index in [2.05, 4.69) is 17.1 Å². The third-order valence-electron chi connectivity index (χ3n) is 3.52. The number of amides is 1. The van der Waals surface area contributed by atoms with Crippen LogP contribution in [-0.4, -0.2) is 18.1 Å². The molecule has 0 aromatic heterocycles. The summed E-state index contributed by atoms with van der Waals surface area (Å²) in [4.78, 5) is 14.2. The van der Waals surface area contributed by atoms with Crippen LogP contribution in [0.4, 0.5) is 5.69 Å². The van der Waals surface area contributed by atoms with Crippen molar-refractivity contribution in [2.45, 2.75) is 25.4 Å². The summed E-state index contributed by atoms with van der Waals surface area (Å²) in [5.74, 6) is 0.00677. The minimum Gasteiger partial charge on any atom is -0.348 e. The minimum atomic E-state index is -0.227. The number of hydrogen-bond donors (Lipinski definition) is 1. The molecule has 2 heterocycles. The van der Waals surface area contributed by atoms with Crippen molar-refractivity contribution in [2.75, 3.05) is 11.4 Å². The Morgan fingerprint density at radius 1 is 1.50 bits per heavy atom. The van der Waals surface area contributed by atoms with Gasteiger partial charge in [-0.2, -0.15) is 0 Å². The number of nitrogens with one attached hydrogen (secondary N) is 1. The molecule has 1 aromatic rings. The number of benzene rings is 1. The van der Waals surface area contributed by atoms with Crippen molar-refractivity contribution in [1.29, 1.82) is 0 Å². The Morgan fingerprint density at radius 3 is 3.12 bits per heavy atom. The second-order valence-corrected chi connectivity index (χ2v) is 5.08. The maximum Gasteiger partial charge on any atom is 0.255 e. The second kappa shape index (κ2) is 3.14. The van der Waals surface area contributed by atoms with E-state index < -0.39 is 0 Å². The Hall–Kier alpha value is -1.22. The molecule has 3 rings (SSSR count). The lowest BCUT2D eigenvalue weighted by atomic mass is 10.0. The number of hydrogen-bond acceptors (Lipinski definition) is 2. The number of rotatable bonds is 0. The molecule has 0 bridgehead atoms. The van der Waals surface area contributed by atoms with Crippen LogP contribution in [-0.2, 0) is 0 Å². The summed E-state index contributed by atoms with van der Waals surface area (Å²) in [6.45, 7) is 3.05. The highest BCUT2D eigenvalue weighted by Gasteiger charge is 2.43. The minimum absolute atomic E-state index is 0.00677. The Kier molecular flexibility index (Phi) is 1.96. The van der Waals surface area contributed by atoms with Crippen molar-refractivity contribution in [3.63, 3.8) is 0 Å². The van der Waals surface area contributed by atoms with Gasteiger partial charge in [0.1, 0.15) is 5.66 Å². The maximum atomic E-state index is 12.0. The van der Waals surface area contributed by atoms with Crippen molar-refractivity contribution >= 4 is 23.2 Å². The first-order valence-corrected chi connectivity index (χ1v) is 5.88. The van der Waals surface area contributed by atoms with Crippen molar-refractivity contribution in [3.8, 4) is 0 Å². The SMILES string of the molecule is CC12CCCN1c1cc(Cl)ccc1C(=O)N2. The third kappa shape index (κ3) is 1.24. The normalized spacial score (nSPS) is 27.4. The zero-order valence-electron chi connectivity index (χ0n) is 9.09. The largest absolute Gasteiger partial charge is 0.348 e. The van der Waals surface area contributed by atoms with Crippen LogP contribution >= 0.6 is 11.6 Å². The molecule has 1 saturated heterocycles. The van der Waals surface area contributed by atoms with Crippen LogP contribution in [0, 0.1) is 0 Å². The third-order valence-corrected chi connectivity index (χ3v) is 3.75. The molecule has 1 atom stereocenters. The molecule has 1 fully saturated rings. The van der Waals surface area contributed by atoms with Gasteiger partial charge >= 0.3 is 0 Å². The topological polar surface area (TPSA) is 32.3 Å². The highest BCUT2D eigenvalue weighted by atomic mass is 35.5. The highest BCUT2D eigenvalue weighted by Crippen LogP contribution is 2.39. The summed E-state index contributed by atoms with van der Waals surface area (Å²) in [7, 11) is 0. The van der Waals surface area contributed by atoms with Gasteiger partial charge in [-0.15, -0.1) is 0 Å². The van der Waals surface area contributed by atoms with Gasteiger partial charge in [0.25, 0.3) is 5.91 Å². The van der Waals surface area contributed by atoms with Gasteiger partial charge in [-0.25, -0.2) is 0 Å². The van der Waals surface area contributed by atoms with E-state index in [9.17, 15) is 4.79 Å². The van der Waals surface area contributed by atoms with Crippen molar-refractivity contribution in [3.05, 3.63) is 28.8 Å². The van der Waals surface area contributed by atoms with Crippen molar-refractivity contribution in [1.82, 2.24) is 5.32 Å². The standard InChI is InChI=1S/C12H13ClN2O/c1-12-5-2-6-15(12)10-7-8(13)3-4-9(10)11(16)14-12/h3-4,7H,2,5-6H2,1H3,(H,14,16). The molecular weight excluding hydrogens is 224 g/mol. The Morgan fingerprint density at radius 2 is 2.31 bits per heavy atom. The van der Waals surface area contributed by atoms with Gasteiger partial charge in [-0.05, 0) is 38.0 Å². The highest BCUT2D eigenvalue weighted by molar-refractivity contribution is 6.31. The molecular formula is C12H13ClN2O. The first kappa shape index (κ1) is 9.97. The fourth-order valence-electron chi connectivity index (χ4n) is 2.71. The van der Waals surface area contributed by atoms with Gasteiger partial charge in [0.15, 0.2) is 0 Å². The van der Waals surface area contributed by atoms with Gasteiger partial charge in [-0.1, -0.05) is 11.6 Å². The molecule has 2 aliphatic heterocycles. The van der Waals surface area contributed by atoms with Gasteiger partial charge in [0.2, 0.25) is 0 Å². The predicted octanol–water partition coefficient (Wildman–Crippen LogP) is 2.40. The molecule has 2 aliphatic rings. The van der Waals surface area contributed by atoms with E-state index in [0.717, 1.165) is 30.6 Å². The average Bonchev–Trinajstić information content (AvgIpc) is 2.59.